The number of nitrogens with two attached hydrogens (primary N) is 2. The van der Waals surface area contributed by atoms with Gasteiger partial charge in [0.05, 0.1) is 24.3 Å². The van der Waals surface area contributed by atoms with Gasteiger partial charge in [-0.25, -0.2) is 0 Å². The van der Waals surface area contributed by atoms with Crippen LogP contribution < -0.4 is 20.9 Å². The number of rotatable bonds is 6. The fraction of sp³-hybridized carbons (Fsp3) is 0.500. The third-order valence-corrected chi connectivity index (χ3v) is 7.23. The summed E-state index contributed by atoms with van der Waals surface area (Å²) in [7, 11) is 0. The Bertz CT molecular complexity index is 1040. The van der Waals surface area contributed by atoms with Crippen molar-refractivity contribution in [3.8, 4) is 11.5 Å². The fourth-order valence-electron chi connectivity index (χ4n) is 4.44. The average molecular weight is 490 g/mol. The van der Waals surface area contributed by atoms with Crippen LogP contribution in [-0.4, -0.2) is 13.2 Å². The molecule has 1 saturated carbocycles. The molecule has 2 atom stereocenters. The molecule has 1 aliphatic carbocycles. The monoisotopic (exact) mass is 490 g/mol. The highest BCUT2D eigenvalue weighted by molar-refractivity contribution is 5.50. The normalized spacial score (nSPS) is 22.6. The zero-order valence-electron chi connectivity index (χ0n) is 19.1. The highest BCUT2D eigenvalue weighted by atomic mass is 19.4. The van der Waals surface area contributed by atoms with Crippen LogP contribution in [0.1, 0.15) is 44.7 Å². The lowest BCUT2D eigenvalue weighted by molar-refractivity contribution is -0.139. The lowest BCUT2D eigenvalue weighted by atomic mass is 9.66. The van der Waals surface area contributed by atoms with E-state index in [2.05, 4.69) is 0 Å². The quantitative estimate of drug-likeness (QED) is 0.346. The van der Waals surface area contributed by atoms with Gasteiger partial charge in [-0.2, -0.15) is 26.3 Å². The summed E-state index contributed by atoms with van der Waals surface area (Å²) in [4.78, 5) is 0. The minimum Gasteiger partial charge on any atom is -0.493 e. The van der Waals surface area contributed by atoms with E-state index in [1.165, 1.54) is 24.3 Å². The second-order valence-electron chi connectivity index (χ2n) is 9.62. The van der Waals surface area contributed by atoms with Crippen LogP contribution in [0.2, 0.25) is 0 Å². The zero-order valence-corrected chi connectivity index (χ0v) is 19.1. The summed E-state index contributed by atoms with van der Waals surface area (Å²) in [6, 6.07) is 6.74. The molecule has 188 valence electrons. The van der Waals surface area contributed by atoms with E-state index in [0.29, 0.717) is 12.8 Å². The maximum atomic E-state index is 13.4. The van der Waals surface area contributed by atoms with Crippen molar-refractivity contribution >= 4 is 11.4 Å². The van der Waals surface area contributed by atoms with Crippen LogP contribution in [-0.2, 0) is 12.4 Å². The molecule has 3 rings (SSSR count). The summed E-state index contributed by atoms with van der Waals surface area (Å²) in [6.45, 7) is 5.78. The van der Waals surface area contributed by atoms with Gasteiger partial charge in [0.2, 0.25) is 0 Å². The molecule has 0 radical (unpaired) electrons. The first kappa shape index (κ1) is 25.8. The van der Waals surface area contributed by atoms with Crippen molar-refractivity contribution in [2.75, 3.05) is 24.7 Å². The van der Waals surface area contributed by atoms with Crippen LogP contribution >= 0.6 is 0 Å². The van der Waals surface area contributed by atoms with Gasteiger partial charge in [0, 0.05) is 16.8 Å². The van der Waals surface area contributed by atoms with Crippen molar-refractivity contribution in [3.63, 3.8) is 0 Å². The first-order chi connectivity index (χ1) is 15.5. The number of hydrogen-bond acceptors (Lipinski definition) is 4. The van der Waals surface area contributed by atoms with E-state index < -0.39 is 34.3 Å². The SMILES string of the molecule is CC1(C)[C@@H](COc2ccc(N)cc2C(F)(F)F)CC[C@@]1(C)COc1ccc(N)cc1C(F)(F)F. The zero-order chi connectivity index (χ0) is 25.5. The van der Waals surface area contributed by atoms with E-state index in [4.69, 9.17) is 20.9 Å². The van der Waals surface area contributed by atoms with Crippen LogP contribution in [0.5, 0.6) is 11.5 Å². The largest absolute Gasteiger partial charge is 0.493 e. The summed E-state index contributed by atoms with van der Waals surface area (Å²) < 4.78 is 91.5. The second-order valence-corrected chi connectivity index (χ2v) is 9.62. The molecule has 0 aliphatic heterocycles. The number of halogens is 6. The van der Waals surface area contributed by atoms with Crippen LogP contribution in [0.4, 0.5) is 37.7 Å². The van der Waals surface area contributed by atoms with Crippen molar-refractivity contribution in [3.05, 3.63) is 47.5 Å². The predicted octanol–water partition coefficient (Wildman–Crippen LogP) is 6.79. The Morgan fingerprint density at radius 1 is 0.824 bits per heavy atom. The van der Waals surface area contributed by atoms with Gasteiger partial charge in [0.25, 0.3) is 0 Å². The molecule has 0 aromatic heterocycles. The van der Waals surface area contributed by atoms with Gasteiger partial charge < -0.3 is 20.9 Å². The number of benzene rings is 2. The summed E-state index contributed by atoms with van der Waals surface area (Å²) in [6.07, 6.45) is -8.01. The van der Waals surface area contributed by atoms with E-state index >= 15 is 0 Å². The molecular formula is C24H28F6N2O2. The van der Waals surface area contributed by atoms with Crippen molar-refractivity contribution in [2.45, 2.75) is 46.0 Å². The Kier molecular flexibility index (Phi) is 6.67. The molecule has 0 spiro atoms. The molecule has 1 aliphatic rings. The fourth-order valence-corrected chi connectivity index (χ4v) is 4.44. The maximum Gasteiger partial charge on any atom is 0.420 e. The Morgan fingerprint density at radius 2 is 1.29 bits per heavy atom. The topological polar surface area (TPSA) is 70.5 Å². The summed E-state index contributed by atoms with van der Waals surface area (Å²) >= 11 is 0. The van der Waals surface area contributed by atoms with E-state index in [0.717, 1.165) is 12.1 Å². The number of nitrogen functional groups attached to an aromatic ring is 2. The maximum absolute atomic E-state index is 13.4. The lowest BCUT2D eigenvalue weighted by Gasteiger charge is -2.41. The van der Waals surface area contributed by atoms with E-state index in [9.17, 15) is 26.3 Å². The molecule has 2 aromatic rings. The van der Waals surface area contributed by atoms with E-state index in [1.807, 2.05) is 20.8 Å². The first-order valence-electron chi connectivity index (χ1n) is 10.7. The smallest absolute Gasteiger partial charge is 0.420 e. The van der Waals surface area contributed by atoms with Crippen LogP contribution in [0.3, 0.4) is 0 Å². The summed E-state index contributed by atoms with van der Waals surface area (Å²) in [5.41, 5.74) is 8.03. The highest BCUT2D eigenvalue weighted by Crippen LogP contribution is 2.56. The highest BCUT2D eigenvalue weighted by Gasteiger charge is 2.52. The molecule has 0 saturated heterocycles. The molecule has 0 unspecified atom stereocenters. The van der Waals surface area contributed by atoms with Gasteiger partial charge in [-0.05, 0) is 60.6 Å². The minimum atomic E-state index is -4.62. The molecule has 1 fully saturated rings. The molecular weight excluding hydrogens is 462 g/mol. The van der Waals surface area contributed by atoms with Gasteiger partial charge in [0.15, 0.2) is 0 Å². The number of anilines is 2. The molecule has 0 bridgehead atoms. The molecule has 0 amide bonds. The molecule has 34 heavy (non-hydrogen) atoms. The summed E-state index contributed by atoms with van der Waals surface area (Å²) in [5, 5.41) is 0. The van der Waals surface area contributed by atoms with E-state index in [1.54, 1.807) is 0 Å². The Labute approximate surface area is 194 Å². The third-order valence-electron chi connectivity index (χ3n) is 7.23. The molecule has 4 nitrogen and oxygen atoms in total. The van der Waals surface area contributed by atoms with Gasteiger partial charge in [-0.1, -0.05) is 20.8 Å². The molecule has 10 heteroatoms. The van der Waals surface area contributed by atoms with Gasteiger partial charge in [-0.15, -0.1) is 0 Å². The molecule has 4 N–H and O–H groups in total. The van der Waals surface area contributed by atoms with Crippen molar-refractivity contribution < 1.29 is 35.8 Å². The van der Waals surface area contributed by atoms with Gasteiger partial charge in [0.1, 0.15) is 11.5 Å². The Hall–Kier alpha value is -2.78. The first-order valence-corrected chi connectivity index (χ1v) is 10.7. The van der Waals surface area contributed by atoms with Crippen LogP contribution in [0.25, 0.3) is 0 Å². The minimum absolute atomic E-state index is 0.000824. The van der Waals surface area contributed by atoms with Crippen LogP contribution in [0, 0.1) is 16.7 Å². The number of hydrogen-bond donors (Lipinski definition) is 2. The number of ether oxygens (including phenoxy) is 2. The average Bonchev–Trinajstić information content (AvgIpc) is 2.94. The van der Waals surface area contributed by atoms with E-state index in [-0.39, 0.29) is 42.0 Å². The predicted molar refractivity (Wildman–Crippen MR) is 117 cm³/mol. The third kappa shape index (κ3) is 5.15. The molecule has 0 heterocycles. The van der Waals surface area contributed by atoms with Crippen molar-refractivity contribution in [1.29, 1.82) is 0 Å². The summed E-state index contributed by atoms with van der Waals surface area (Å²) in [5.74, 6) is -0.762. The standard InChI is InChI=1S/C24H28F6N2O2/c1-21(2)14(12-33-19-6-4-15(31)10-17(19)23(25,26)27)8-9-22(21,3)13-34-20-7-5-16(32)11-18(20)24(28,29)30/h4-7,10-11,14H,8-9,12-13,31-32H2,1-3H3/t14-,22+/m1/s1. The van der Waals surface area contributed by atoms with Crippen LogP contribution in [0.15, 0.2) is 36.4 Å². The van der Waals surface area contributed by atoms with Gasteiger partial charge in [-0.3, -0.25) is 0 Å². The molecule has 2 aromatic carbocycles. The van der Waals surface area contributed by atoms with Gasteiger partial charge >= 0.3 is 12.4 Å². The second kappa shape index (κ2) is 8.78. The van der Waals surface area contributed by atoms with Crippen molar-refractivity contribution in [2.24, 2.45) is 16.7 Å². The Balaban J connectivity index is 1.74. The van der Waals surface area contributed by atoms with Crippen molar-refractivity contribution in [1.82, 2.24) is 0 Å². The number of alkyl halides is 6. The lowest BCUT2D eigenvalue weighted by Crippen LogP contribution is -2.40. The Morgan fingerprint density at radius 3 is 1.76 bits per heavy atom.